The molecule has 6 aliphatic rings. The smallest absolute Gasteiger partial charge is 0.255 e. The molecule has 0 aliphatic carbocycles. The molecule has 32 heteroatoms. The number of methoxy groups -OCH3 is 3. The van der Waals surface area contributed by atoms with Crippen molar-refractivity contribution < 1.29 is 72.1 Å². The van der Waals surface area contributed by atoms with Gasteiger partial charge in [-0.2, -0.15) is 0 Å². The molecule has 11 aromatic rings. The third-order valence-electron chi connectivity index (χ3n) is 26.4. The highest BCUT2D eigenvalue weighted by Gasteiger charge is 2.25. The van der Waals surface area contributed by atoms with E-state index in [2.05, 4.69) is 133 Å². The second-order valence-electron chi connectivity index (χ2n) is 37.3. The summed E-state index contributed by atoms with van der Waals surface area (Å²) in [6.45, 7) is 34.6. The summed E-state index contributed by atoms with van der Waals surface area (Å²) in [6.07, 6.45) is 3.80. The minimum atomic E-state index is -0.512. The fraction of sp³-hybridized carbons (Fsp3) is 0.368. The summed E-state index contributed by atoms with van der Waals surface area (Å²) in [5.74, 6) is 1.12. The number of aliphatic hydroxyl groups is 3. The Morgan fingerprint density at radius 2 is 0.719 bits per heavy atom. The lowest BCUT2D eigenvalue weighted by Gasteiger charge is -2.34. The van der Waals surface area contributed by atoms with Crippen LogP contribution in [0.4, 0.5) is 67.0 Å². The molecule has 17 rings (SSSR count). The van der Waals surface area contributed by atoms with E-state index in [9.17, 15) is 43.7 Å². The number of carbonyl (C=O) groups is 5. The molecule has 0 aromatic heterocycles. The highest BCUT2D eigenvalue weighted by Crippen LogP contribution is 2.34. The minimum absolute atomic E-state index is 0.0791. The first-order valence-electron chi connectivity index (χ1n) is 49.9. The van der Waals surface area contributed by atoms with Gasteiger partial charge in [0.2, 0.25) is 0 Å². The number of piperidine rings is 1. The molecule has 31 nitrogen and oxygen atoms in total. The molecule has 146 heavy (non-hydrogen) atoms. The van der Waals surface area contributed by atoms with Crippen molar-refractivity contribution in [2.24, 2.45) is 0 Å². The van der Waals surface area contributed by atoms with Crippen LogP contribution in [0.25, 0.3) is 4.85 Å². The largest absolute Gasteiger partial charge is 0.497 e. The molecule has 6 aliphatic heterocycles. The number of amides is 5. The number of hydrogen-bond donors (Lipinski definition) is 8. The minimum Gasteiger partial charge on any atom is -0.497 e. The Bertz CT molecular complexity index is 6010. The summed E-state index contributed by atoms with van der Waals surface area (Å²) >= 11 is 0. The molecule has 0 radical (unpaired) electrons. The molecule has 0 atom stereocenters. The molecular formula is C114H140FN17O14. The van der Waals surface area contributed by atoms with Gasteiger partial charge in [-0.1, -0.05) is 36.8 Å². The molecule has 8 N–H and O–H groups in total. The lowest BCUT2D eigenvalue weighted by atomic mass is 10.0. The molecule has 5 amide bonds. The summed E-state index contributed by atoms with van der Waals surface area (Å²) in [5.41, 5.74) is 14.8. The van der Waals surface area contributed by atoms with Crippen LogP contribution < -0.4 is 79.5 Å². The topological polar surface area (TPSA) is 302 Å². The van der Waals surface area contributed by atoms with E-state index in [1.165, 1.54) is 57.0 Å². The number of likely N-dealkylation sites (N-methyl/N-ethyl adjacent to an activating group) is 5. The number of nitrogens with zero attached hydrogens (tertiary/aromatic N) is 12. The molecule has 0 spiro atoms. The standard InChI is InChI=1S/C27H28N4O3.C25H33FN4O2.C21H27N3O4.C21H27N3O2.C20H25N3O3/c1-28-22-7-4-20(5-8-22)19-34-25-13-6-21(18-26(25)33-3)27(32)29-23-9-11-24(12-10-23)31-16-14-30(2)15-17-31;1-28-13-15-30(16-14-28)22-8-6-21(7-9-22)27-25(31)20-5-10-24(23(26)19-20)32-18-17-29-11-3-2-4-12-29;1-23-7-9-24(10-8-23)18-5-3-17(4-6-18)22-21(27)15-11-16(13-25)19(14-26)20(12-15)28-2;1-16(2)26-20-6-4-5-17(15-20)21(25)22-18-7-9-19(10-8-18)24-13-11-23(3)12-14-24;1-22-7-9-23(10-8-22)18-5-3-17(4-6-18)21-20(25)16-11-15(14-24)12-19(13-16)26-2/h4-13,18H,14-17,19H2,2-3H3,(H,29,32);5-10,19H,2-4,11-18H2,1H3,(H,27,31);3-6,11-12,25-26H,7-10,13-14H2,1-2H3,(H,22,27);4-10,15-16H,11-14H2,1-3H3,(H,22,25);3-6,11-13,24H,7-10,14H2,1-2H3,(H,21,25). The molecular weight excluding hydrogens is 1850 g/mol. The normalized spacial score (nSPS) is 15.3. The number of rotatable bonds is 30. The molecule has 6 heterocycles. The molecule has 11 aromatic carbocycles. The highest BCUT2D eigenvalue weighted by molar-refractivity contribution is 6.07. The number of benzene rings is 11. The van der Waals surface area contributed by atoms with Gasteiger partial charge < -0.3 is 119 Å². The Labute approximate surface area is 857 Å². The molecule has 0 bridgehead atoms. The van der Waals surface area contributed by atoms with Crippen molar-refractivity contribution in [2.45, 2.75) is 65.6 Å². The molecule has 6 saturated heterocycles. The third-order valence-corrected chi connectivity index (χ3v) is 26.4. The first-order valence-corrected chi connectivity index (χ1v) is 49.9. The van der Waals surface area contributed by atoms with Crippen molar-refractivity contribution in [2.75, 3.05) is 265 Å². The lowest BCUT2D eigenvalue weighted by Crippen LogP contribution is -2.44. The zero-order valence-electron chi connectivity index (χ0n) is 85.6. The van der Waals surface area contributed by atoms with E-state index in [1.54, 1.807) is 86.0 Å². The zero-order valence-corrected chi connectivity index (χ0v) is 85.6. The summed E-state index contributed by atoms with van der Waals surface area (Å²) in [6, 6.07) is 71.7. The van der Waals surface area contributed by atoms with Gasteiger partial charge in [0.25, 0.3) is 29.5 Å². The van der Waals surface area contributed by atoms with E-state index in [4.69, 9.17) is 35.0 Å². The Morgan fingerprint density at radius 1 is 0.349 bits per heavy atom. The maximum atomic E-state index is 14.5. The predicted octanol–water partition coefficient (Wildman–Crippen LogP) is 15.9. The Kier molecular flexibility index (Phi) is 41.1. The summed E-state index contributed by atoms with van der Waals surface area (Å²) < 4.78 is 47.5. The maximum Gasteiger partial charge on any atom is 0.255 e. The average molecular weight is 1990 g/mol. The first-order chi connectivity index (χ1) is 70.8. The number of aliphatic hydroxyl groups excluding tert-OH is 3. The van der Waals surface area contributed by atoms with Crippen molar-refractivity contribution in [1.82, 2.24) is 29.4 Å². The van der Waals surface area contributed by atoms with Gasteiger partial charge in [-0.15, -0.1) is 0 Å². The number of hydrogen-bond acceptors (Lipinski definition) is 25. The SMILES string of the molecule is CC(C)Oc1cccc(C(=O)Nc2ccc(N3CCN(C)CC3)cc2)c1.CN1CCN(c2ccc(NC(=O)c3ccc(OCCN4CCCCC4)c(F)c3)cc2)CC1.COc1cc(C(=O)Nc2ccc(N3CCN(C)CC3)cc2)cc(CO)c1CO.COc1cc(CO)cc(C(=O)Nc2ccc(N3CCN(C)CC3)cc2)c1.[C-]#[N+]c1ccc(COc2ccc(C(=O)Nc3ccc(N4CCN(C)CC4)cc3)cc2OC)cc1. The van der Waals surface area contributed by atoms with Crippen molar-refractivity contribution in [3.8, 4) is 34.5 Å². The number of ether oxygens (including phenoxy) is 6. The van der Waals surface area contributed by atoms with Crippen molar-refractivity contribution in [1.29, 1.82) is 0 Å². The Hall–Kier alpha value is -14.4. The van der Waals surface area contributed by atoms with Gasteiger partial charge in [0.1, 0.15) is 30.5 Å². The number of carbonyl (C=O) groups excluding carboxylic acids is 5. The van der Waals surface area contributed by atoms with Crippen LogP contribution in [0.5, 0.6) is 34.5 Å². The Balaban J connectivity index is 0.000000153. The van der Waals surface area contributed by atoms with Crippen molar-refractivity contribution in [3.05, 3.63) is 304 Å². The summed E-state index contributed by atoms with van der Waals surface area (Å²) in [4.78, 5) is 92.1. The Morgan fingerprint density at radius 3 is 1.08 bits per heavy atom. The number of piperazine rings is 5. The van der Waals surface area contributed by atoms with E-state index in [1.807, 2.05) is 147 Å². The van der Waals surface area contributed by atoms with E-state index in [0.29, 0.717) is 98.0 Å². The van der Waals surface area contributed by atoms with Gasteiger partial charge >= 0.3 is 0 Å². The van der Waals surface area contributed by atoms with E-state index < -0.39 is 5.82 Å². The van der Waals surface area contributed by atoms with Crippen LogP contribution in [0, 0.1) is 12.4 Å². The van der Waals surface area contributed by atoms with Crippen LogP contribution in [0.2, 0.25) is 0 Å². The fourth-order valence-corrected chi connectivity index (χ4v) is 17.4. The molecule has 0 unspecified atom stereocenters. The predicted molar refractivity (Wildman–Crippen MR) is 579 cm³/mol. The monoisotopic (exact) mass is 1990 g/mol. The van der Waals surface area contributed by atoms with Crippen molar-refractivity contribution >= 4 is 92.1 Å². The van der Waals surface area contributed by atoms with Crippen LogP contribution in [0.15, 0.2) is 237 Å². The lowest BCUT2D eigenvalue weighted by molar-refractivity contribution is 0.101. The van der Waals surface area contributed by atoms with Crippen LogP contribution in [-0.4, -0.2) is 294 Å². The second kappa shape index (κ2) is 55.1. The quantitative estimate of drug-likeness (QED) is 0.0194. The third kappa shape index (κ3) is 32.6. The van der Waals surface area contributed by atoms with Gasteiger partial charge in [0, 0.05) is 228 Å². The molecule has 0 saturated carbocycles. The van der Waals surface area contributed by atoms with Crippen LogP contribution in [-0.2, 0) is 26.4 Å². The average Bonchev–Trinajstić information content (AvgIpc) is 0.821. The zero-order chi connectivity index (χ0) is 103. The second-order valence-corrected chi connectivity index (χ2v) is 37.3. The number of nitrogens with one attached hydrogen (secondary N) is 5. The fourth-order valence-electron chi connectivity index (χ4n) is 17.4. The van der Waals surface area contributed by atoms with Gasteiger partial charge in [0.05, 0.1) is 53.8 Å². The number of anilines is 10. The number of likely N-dealkylation sites (tertiary alicyclic amines) is 1. The van der Waals surface area contributed by atoms with Gasteiger partial charge in [-0.3, -0.25) is 28.9 Å². The van der Waals surface area contributed by atoms with E-state index in [0.717, 1.165) is 190 Å². The summed E-state index contributed by atoms with van der Waals surface area (Å²) in [7, 11) is 15.2. The maximum absolute atomic E-state index is 14.5. The summed E-state index contributed by atoms with van der Waals surface area (Å²) in [5, 5.41) is 42.9. The molecule has 6 fully saturated rings. The van der Waals surface area contributed by atoms with Gasteiger partial charge in [0.15, 0.2) is 28.8 Å². The van der Waals surface area contributed by atoms with Crippen molar-refractivity contribution in [3.63, 3.8) is 0 Å². The van der Waals surface area contributed by atoms with Crippen LogP contribution in [0.1, 0.15) is 107 Å². The van der Waals surface area contributed by atoms with E-state index in [-0.39, 0.29) is 66.8 Å². The molecule has 772 valence electrons. The first kappa shape index (κ1) is 109. The van der Waals surface area contributed by atoms with Gasteiger partial charge in [-0.25, -0.2) is 9.24 Å². The van der Waals surface area contributed by atoms with Crippen LogP contribution in [0.3, 0.4) is 0 Å². The van der Waals surface area contributed by atoms with E-state index >= 15 is 0 Å². The number of halogens is 1. The highest BCUT2D eigenvalue weighted by atomic mass is 19.1. The van der Waals surface area contributed by atoms with Gasteiger partial charge in [-0.05, 0) is 298 Å². The van der Waals surface area contributed by atoms with Crippen LogP contribution >= 0.6 is 0 Å².